The third kappa shape index (κ3) is 7.03. The van der Waals surface area contributed by atoms with Crippen molar-refractivity contribution < 1.29 is 17.2 Å². The summed E-state index contributed by atoms with van der Waals surface area (Å²) in [5.41, 5.74) is 0.927. The van der Waals surface area contributed by atoms with Gasteiger partial charge >= 0.3 is 7.82 Å². The van der Waals surface area contributed by atoms with Gasteiger partial charge in [-0.25, -0.2) is 4.57 Å². The van der Waals surface area contributed by atoms with Gasteiger partial charge in [0, 0.05) is 0 Å². The minimum atomic E-state index is -3.95. The van der Waals surface area contributed by atoms with E-state index < -0.39 is 7.82 Å². The van der Waals surface area contributed by atoms with Crippen molar-refractivity contribution in [3.63, 3.8) is 0 Å². The van der Waals surface area contributed by atoms with Crippen molar-refractivity contribution in [2.24, 2.45) is 0 Å². The predicted octanol–water partition coefficient (Wildman–Crippen LogP) is 6.42. The third-order valence-electron chi connectivity index (χ3n) is 3.15. The largest absolute Gasteiger partial charge is 0.563 e. The SMILES string of the molecule is CCCCCCCCc1ccccc1OP(=O)(OCl)OCl. The molecule has 0 spiro atoms. The molecule has 0 amide bonds. The Bertz CT molecular complexity index is 448. The van der Waals surface area contributed by atoms with E-state index >= 15 is 0 Å². The molecule has 0 atom stereocenters. The molecular formula is C14H21Cl2O4P. The molecule has 1 rings (SSSR count). The van der Waals surface area contributed by atoms with Crippen molar-refractivity contribution in [2.45, 2.75) is 51.9 Å². The molecule has 7 heteroatoms. The van der Waals surface area contributed by atoms with Crippen LogP contribution in [-0.2, 0) is 19.1 Å². The minimum absolute atomic E-state index is 0.413. The summed E-state index contributed by atoms with van der Waals surface area (Å²) < 4.78 is 25.3. The summed E-state index contributed by atoms with van der Waals surface area (Å²) >= 11 is 10.2. The molecule has 0 radical (unpaired) electrons. The Labute approximate surface area is 136 Å². The van der Waals surface area contributed by atoms with Gasteiger partial charge in [-0.1, -0.05) is 57.2 Å². The van der Waals surface area contributed by atoms with Gasteiger partial charge in [0.05, 0.1) is 23.7 Å². The second-order valence-corrected chi connectivity index (χ2v) is 6.98. The Morgan fingerprint density at radius 2 is 1.62 bits per heavy atom. The number of hydrogen-bond donors (Lipinski definition) is 0. The molecule has 21 heavy (non-hydrogen) atoms. The lowest BCUT2D eigenvalue weighted by molar-refractivity contribution is 0.317. The first-order valence-corrected chi connectivity index (χ1v) is 9.21. The van der Waals surface area contributed by atoms with Crippen molar-refractivity contribution in [1.29, 1.82) is 0 Å². The summed E-state index contributed by atoms with van der Waals surface area (Å²) in [6, 6.07) is 7.26. The number of unbranched alkanes of at least 4 members (excludes halogenated alkanes) is 5. The van der Waals surface area contributed by atoms with Gasteiger partial charge in [0.1, 0.15) is 5.75 Å². The number of rotatable bonds is 11. The predicted molar refractivity (Wildman–Crippen MR) is 85.6 cm³/mol. The van der Waals surface area contributed by atoms with Crippen LogP contribution in [0, 0.1) is 0 Å². The molecular weight excluding hydrogens is 334 g/mol. The second kappa shape index (κ2) is 10.5. The lowest BCUT2D eigenvalue weighted by Crippen LogP contribution is -1.97. The zero-order valence-corrected chi connectivity index (χ0v) is 14.5. The van der Waals surface area contributed by atoms with Crippen LogP contribution in [0.5, 0.6) is 5.75 Å². The number of aryl methyl sites for hydroxylation is 1. The zero-order chi connectivity index (χ0) is 15.6. The maximum Gasteiger partial charge on any atom is 0.563 e. The van der Waals surface area contributed by atoms with E-state index in [4.69, 9.17) is 28.3 Å². The Balaban J connectivity index is 2.53. The smallest absolute Gasteiger partial charge is 0.402 e. The molecule has 0 saturated heterocycles. The number of halogens is 2. The first-order valence-electron chi connectivity index (χ1n) is 7.13. The summed E-state index contributed by atoms with van der Waals surface area (Å²) in [6.45, 7) is 2.20. The van der Waals surface area contributed by atoms with Crippen LogP contribution in [0.4, 0.5) is 0 Å². The molecule has 0 aliphatic rings. The molecule has 0 aliphatic heterocycles. The van der Waals surface area contributed by atoms with Crippen molar-refractivity contribution in [3.05, 3.63) is 29.8 Å². The van der Waals surface area contributed by atoms with E-state index in [0.29, 0.717) is 5.75 Å². The monoisotopic (exact) mass is 354 g/mol. The van der Waals surface area contributed by atoms with Crippen LogP contribution in [0.15, 0.2) is 24.3 Å². The highest BCUT2D eigenvalue weighted by Gasteiger charge is 2.29. The quantitative estimate of drug-likeness (QED) is 0.339. The van der Waals surface area contributed by atoms with Crippen LogP contribution < -0.4 is 4.52 Å². The molecule has 0 unspecified atom stereocenters. The molecule has 4 nitrogen and oxygen atoms in total. The highest BCUT2D eigenvalue weighted by atomic mass is 35.5. The summed E-state index contributed by atoms with van der Waals surface area (Å²) in [5.74, 6) is 0.413. The number of phosphoric acid groups is 1. The molecule has 1 aromatic carbocycles. The third-order valence-corrected chi connectivity index (χ3v) is 4.92. The summed E-state index contributed by atoms with van der Waals surface area (Å²) in [5, 5.41) is 0. The Morgan fingerprint density at radius 1 is 1.00 bits per heavy atom. The fraction of sp³-hybridized carbons (Fsp3) is 0.571. The normalized spacial score (nSPS) is 11.6. The molecule has 0 bridgehead atoms. The van der Waals surface area contributed by atoms with Crippen LogP contribution in [0.2, 0.25) is 0 Å². The fourth-order valence-corrected chi connectivity index (χ4v) is 2.98. The van der Waals surface area contributed by atoms with Crippen LogP contribution in [0.1, 0.15) is 51.0 Å². The van der Waals surface area contributed by atoms with Crippen molar-refractivity contribution in [2.75, 3.05) is 0 Å². The van der Waals surface area contributed by atoms with Gasteiger partial charge in [-0.3, -0.25) is 0 Å². The number of benzene rings is 1. The van der Waals surface area contributed by atoms with Gasteiger partial charge < -0.3 is 4.52 Å². The number of hydrogen-bond acceptors (Lipinski definition) is 4. The Hall–Kier alpha value is -0.250. The molecule has 0 aromatic heterocycles. The maximum atomic E-state index is 11.8. The standard InChI is InChI=1S/C14H21Cl2O4P/c1-2-3-4-5-6-7-10-13-11-8-9-12-14(13)18-21(17,19-15)20-16/h8-9,11-12H,2-7,10H2,1H3. The summed E-state index contributed by atoms with van der Waals surface area (Å²) in [4.78, 5) is 0. The van der Waals surface area contributed by atoms with Crippen LogP contribution in [0.25, 0.3) is 0 Å². The first kappa shape index (κ1) is 18.8. The van der Waals surface area contributed by atoms with E-state index in [9.17, 15) is 4.57 Å². The lowest BCUT2D eigenvalue weighted by atomic mass is 10.0. The lowest BCUT2D eigenvalue weighted by Gasteiger charge is -2.14. The molecule has 1 aromatic rings. The van der Waals surface area contributed by atoms with Gasteiger partial charge in [-0.2, -0.15) is 8.15 Å². The van der Waals surface area contributed by atoms with Crippen molar-refractivity contribution in [3.8, 4) is 5.75 Å². The molecule has 0 saturated carbocycles. The van der Waals surface area contributed by atoms with Crippen molar-refractivity contribution in [1.82, 2.24) is 0 Å². The topological polar surface area (TPSA) is 44.8 Å². The first-order chi connectivity index (χ1) is 10.1. The average molecular weight is 355 g/mol. The molecule has 0 fully saturated rings. The maximum absolute atomic E-state index is 11.8. The molecule has 0 aliphatic carbocycles. The van der Waals surface area contributed by atoms with E-state index in [1.807, 2.05) is 12.1 Å². The van der Waals surface area contributed by atoms with Crippen LogP contribution in [-0.4, -0.2) is 0 Å². The second-order valence-electron chi connectivity index (χ2n) is 4.80. The van der Waals surface area contributed by atoms with E-state index in [0.717, 1.165) is 24.8 Å². The van der Waals surface area contributed by atoms with Crippen LogP contribution in [0.3, 0.4) is 0 Å². The zero-order valence-electron chi connectivity index (χ0n) is 12.1. The van der Waals surface area contributed by atoms with Gasteiger partial charge in [0.25, 0.3) is 0 Å². The van der Waals surface area contributed by atoms with Gasteiger partial charge in [-0.15, -0.1) is 0 Å². The van der Waals surface area contributed by atoms with Crippen LogP contribution >= 0.6 is 31.6 Å². The molecule has 0 N–H and O–H groups in total. The fourth-order valence-electron chi connectivity index (χ4n) is 2.05. The van der Waals surface area contributed by atoms with Gasteiger partial charge in [-0.05, 0) is 24.5 Å². The Kier molecular flexibility index (Phi) is 9.37. The van der Waals surface area contributed by atoms with Gasteiger partial charge in [0.15, 0.2) is 0 Å². The molecule has 0 heterocycles. The van der Waals surface area contributed by atoms with E-state index in [1.54, 1.807) is 12.1 Å². The molecule has 120 valence electrons. The highest BCUT2D eigenvalue weighted by molar-refractivity contribution is 7.50. The van der Waals surface area contributed by atoms with E-state index in [2.05, 4.69) is 15.1 Å². The highest BCUT2D eigenvalue weighted by Crippen LogP contribution is 2.52. The van der Waals surface area contributed by atoms with E-state index in [-0.39, 0.29) is 0 Å². The van der Waals surface area contributed by atoms with Gasteiger partial charge in [0.2, 0.25) is 0 Å². The Morgan fingerprint density at radius 3 is 2.29 bits per heavy atom. The van der Waals surface area contributed by atoms with E-state index in [1.165, 1.54) is 25.7 Å². The average Bonchev–Trinajstić information content (AvgIpc) is 2.52. The summed E-state index contributed by atoms with van der Waals surface area (Å²) in [6.07, 6.45) is 8.04. The summed E-state index contributed by atoms with van der Waals surface area (Å²) in [7, 11) is -3.95. The number of para-hydroxylation sites is 1. The van der Waals surface area contributed by atoms with Crippen molar-refractivity contribution >= 4 is 31.6 Å². The minimum Gasteiger partial charge on any atom is -0.402 e.